The van der Waals surface area contributed by atoms with Crippen molar-refractivity contribution in [2.24, 2.45) is 0 Å². The Morgan fingerprint density at radius 1 is 1.50 bits per heavy atom. The third-order valence-electron chi connectivity index (χ3n) is 1.80. The molecule has 0 spiro atoms. The molecule has 0 saturated heterocycles. The van der Waals surface area contributed by atoms with Crippen molar-refractivity contribution in [2.45, 2.75) is 24.0 Å². The van der Waals surface area contributed by atoms with Gasteiger partial charge in [0.15, 0.2) is 5.41 Å². The van der Waals surface area contributed by atoms with Gasteiger partial charge in [0.1, 0.15) is 0 Å². The van der Waals surface area contributed by atoms with E-state index in [-0.39, 0.29) is 5.25 Å². The fourth-order valence-corrected chi connectivity index (χ4v) is 1.35. The summed E-state index contributed by atoms with van der Waals surface area (Å²) in [4.78, 5) is 0. The van der Waals surface area contributed by atoms with Crippen LogP contribution in [0.4, 0.5) is 0 Å². The zero-order chi connectivity index (χ0) is 8.20. The van der Waals surface area contributed by atoms with Gasteiger partial charge >= 0.3 is 0 Å². The Hall–Kier alpha value is 0.487. The van der Waals surface area contributed by atoms with Gasteiger partial charge in [-0.05, 0) is 6.42 Å². The second-order valence-electron chi connectivity index (χ2n) is 2.35. The predicted octanol–water partition coefficient (Wildman–Crippen LogP) is 0.00680. The second-order valence-corrected chi connectivity index (χ2v) is 4.37. The normalized spacial score (nSPS) is 15.6. The Labute approximate surface area is 71.1 Å². The highest BCUT2D eigenvalue weighted by Crippen LogP contribution is 2.19. The molecule has 1 atom stereocenters. The van der Waals surface area contributed by atoms with Crippen LogP contribution in [0.3, 0.4) is 0 Å². The summed E-state index contributed by atoms with van der Waals surface area (Å²) in [6.07, 6.45) is 0.967. The van der Waals surface area contributed by atoms with E-state index in [1.165, 1.54) is 0 Å². The van der Waals surface area contributed by atoms with Crippen LogP contribution in [0.2, 0.25) is 0 Å². The van der Waals surface area contributed by atoms with E-state index in [9.17, 15) is 0 Å². The predicted molar refractivity (Wildman–Crippen MR) is 49.8 cm³/mol. The van der Waals surface area contributed by atoms with E-state index < -0.39 is 5.41 Å². The molecule has 0 aromatic heterocycles. The number of ether oxygens (including phenoxy) is 2. The summed E-state index contributed by atoms with van der Waals surface area (Å²) < 4.78 is 10.4. The number of thiol groups is 1. The molecule has 0 aromatic carbocycles. The van der Waals surface area contributed by atoms with Crippen LogP contribution in [-0.4, -0.2) is 35.1 Å². The summed E-state index contributed by atoms with van der Waals surface area (Å²) in [5.41, 5.74) is -0.405. The molecule has 0 fully saturated rings. The van der Waals surface area contributed by atoms with E-state index in [2.05, 4.69) is 19.6 Å². The standard InChI is InChI=1S/C6H16O2SSi/c1-4-5(9)6(10,7-2)8-3/h5,9H,4H2,1-3,10H3. The van der Waals surface area contributed by atoms with Gasteiger partial charge in [-0.3, -0.25) is 0 Å². The average Bonchev–Trinajstić information content (AvgIpc) is 2.01. The quantitative estimate of drug-likeness (QED) is 0.373. The fourth-order valence-electron chi connectivity index (χ4n) is 0.726. The molecule has 10 heavy (non-hydrogen) atoms. The molecule has 0 aliphatic rings. The van der Waals surface area contributed by atoms with E-state index in [0.717, 1.165) is 16.7 Å². The maximum atomic E-state index is 5.20. The Morgan fingerprint density at radius 3 is 2.00 bits per heavy atom. The highest BCUT2D eigenvalue weighted by atomic mass is 32.1. The van der Waals surface area contributed by atoms with Crippen molar-refractivity contribution in [2.75, 3.05) is 14.2 Å². The minimum absolute atomic E-state index is 0.189. The smallest absolute Gasteiger partial charge is 0.151 e. The molecule has 4 heteroatoms. The van der Waals surface area contributed by atoms with Crippen molar-refractivity contribution < 1.29 is 9.47 Å². The summed E-state index contributed by atoms with van der Waals surface area (Å²) in [5.74, 6) is 0. The molecule has 0 radical (unpaired) electrons. The third-order valence-corrected chi connectivity index (χ3v) is 4.64. The van der Waals surface area contributed by atoms with E-state index in [0.29, 0.717) is 0 Å². The lowest BCUT2D eigenvalue weighted by atomic mass is 10.3. The maximum absolute atomic E-state index is 5.20. The lowest BCUT2D eigenvalue weighted by Crippen LogP contribution is -2.43. The van der Waals surface area contributed by atoms with Gasteiger partial charge in [-0.2, -0.15) is 12.6 Å². The van der Waals surface area contributed by atoms with Crippen LogP contribution in [0.15, 0.2) is 0 Å². The van der Waals surface area contributed by atoms with Crippen LogP contribution in [0.1, 0.15) is 13.3 Å². The molecule has 1 unspecified atom stereocenters. The maximum Gasteiger partial charge on any atom is 0.151 e. The van der Waals surface area contributed by atoms with E-state index in [1.54, 1.807) is 14.2 Å². The summed E-state index contributed by atoms with van der Waals surface area (Å²) in [6, 6.07) is 0. The van der Waals surface area contributed by atoms with Crippen molar-refractivity contribution in [3.8, 4) is 0 Å². The van der Waals surface area contributed by atoms with Gasteiger partial charge in [0, 0.05) is 14.2 Å². The van der Waals surface area contributed by atoms with Gasteiger partial charge in [-0.15, -0.1) is 0 Å². The number of hydrogen-bond donors (Lipinski definition) is 1. The van der Waals surface area contributed by atoms with Crippen LogP contribution in [-0.2, 0) is 9.47 Å². The molecule has 2 nitrogen and oxygen atoms in total. The second kappa shape index (κ2) is 4.38. The van der Waals surface area contributed by atoms with Crippen LogP contribution >= 0.6 is 12.6 Å². The van der Waals surface area contributed by atoms with Gasteiger partial charge in [-0.25, -0.2) is 0 Å². The first-order valence-corrected chi connectivity index (χ1v) is 4.90. The van der Waals surface area contributed by atoms with Gasteiger partial charge < -0.3 is 9.47 Å². The molecule has 0 rings (SSSR count). The summed E-state index contributed by atoms with van der Waals surface area (Å²) in [6.45, 7) is 2.07. The van der Waals surface area contributed by atoms with Crippen molar-refractivity contribution in [1.82, 2.24) is 0 Å². The van der Waals surface area contributed by atoms with Gasteiger partial charge in [0.2, 0.25) is 0 Å². The minimum Gasteiger partial charge on any atom is -0.357 e. The highest BCUT2D eigenvalue weighted by Gasteiger charge is 2.29. The molecule has 0 aliphatic heterocycles. The molecule has 0 saturated carbocycles. The summed E-state index contributed by atoms with van der Waals surface area (Å²) in [5, 5.41) is 0.189. The molecule has 0 aliphatic carbocycles. The first kappa shape index (κ1) is 10.5. The minimum atomic E-state index is -0.405. The third kappa shape index (κ3) is 2.27. The number of rotatable bonds is 4. The topological polar surface area (TPSA) is 18.5 Å². The van der Waals surface area contributed by atoms with Gasteiger partial charge in [-0.1, -0.05) is 6.92 Å². The lowest BCUT2D eigenvalue weighted by molar-refractivity contribution is -0.141. The number of hydrogen-bond acceptors (Lipinski definition) is 3. The highest BCUT2D eigenvalue weighted by molar-refractivity contribution is 7.81. The van der Waals surface area contributed by atoms with E-state index in [1.807, 2.05) is 0 Å². The van der Waals surface area contributed by atoms with Crippen molar-refractivity contribution >= 4 is 22.9 Å². The largest absolute Gasteiger partial charge is 0.357 e. The Balaban J connectivity index is 4.02. The molecule has 0 heterocycles. The summed E-state index contributed by atoms with van der Waals surface area (Å²) >= 11 is 4.36. The number of methoxy groups -OCH3 is 2. The van der Waals surface area contributed by atoms with Crippen LogP contribution in [0.25, 0.3) is 0 Å². The first-order chi connectivity index (χ1) is 4.60. The monoisotopic (exact) mass is 180 g/mol. The van der Waals surface area contributed by atoms with Crippen molar-refractivity contribution in [3.63, 3.8) is 0 Å². The zero-order valence-corrected chi connectivity index (χ0v) is 9.94. The van der Waals surface area contributed by atoms with Gasteiger partial charge in [0.25, 0.3) is 0 Å². The van der Waals surface area contributed by atoms with Crippen LogP contribution in [0, 0.1) is 0 Å². The van der Waals surface area contributed by atoms with Crippen LogP contribution in [0.5, 0.6) is 0 Å². The Morgan fingerprint density at radius 2 is 1.90 bits per heavy atom. The fraction of sp³-hybridized carbons (Fsp3) is 1.00. The van der Waals surface area contributed by atoms with Gasteiger partial charge in [0.05, 0.1) is 15.5 Å². The van der Waals surface area contributed by atoms with E-state index >= 15 is 0 Å². The lowest BCUT2D eigenvalue weighted by Gasteiger charge is -2.31. The molecule has 0 aromatic rings. The first-order valence-electron chi connectivity index (χ1n) is 3.39. The Kier molecular flexibility index (Phi) is 4.60. The van der Waals surface area contributed by atoms with Crippen LogP contribution < -0.4 is 0 Å². The molecule has 62 valence electrons. The SMILES string of the molecule is CCC(S)C([SiH3])(OC)OC. The van der Waals surface area contributed by atoms with E-state index in [4.69, 9.17) is 9.47 Å². The van der Waals surface area contributed by atoms with Crippen molar-refractivity contribution in [1.29, 1.82) is 0 Å². The molecular weight excluding hydrogens is 164 g/mol. The van der Waals surface area contributed by atoms with Crippen molar-refractivity contribution in [3.05, 3.63) is 0 Å². The average molecular weight is 180 g/mol. The molecule has 0 amide bonds. The zero-order valence-electron chi connectivity index (χ0n) is 7.05. The molecule has 0 bridgehead atoms. The molecule has 0 N–H and O–H groups in total. The summed E-state index contributed by atoms with van der Waals surface area (Å²) in [7, 11) is 4.17. The Bertz CT molecular complexity index is 95.7. The molecular formula is C6H16O2SSi.